The highest BCUT2D eigenvalue weighted by Crippen LogP contribution is 2.43. The monoisotopic (exact) mass is 540 g/mol. The van der Waals surface area contributed by atoms with Crippen molar-refractivity contribution in [3.63, 3.8) is 0 Å². The number of alkyl halides is 3. The number of ether oxygens (including phenoxy) is 1. The number of aryl methyl sites for hydroxylation is 2. The van der Waals surface area contributed by atoms with Gasteiger partial charge in [0, 0.05) is 6.26 Å². The van der Waals surface area contributed by atoms with E-state index in [4.69, 9.17) is 4.74 Å². The maximum atomic E-state index is 13.4. The summed E-state index contributed by atoms with van der Waals surface area (Å²) >= 11 is 0. The number of nitrogens with one attached hydrogen (secondary N) is 2. The first-order valence-corrected chi connectivity index (χ1v) is 14.1. The van der Waals surface area contributed by atoms with Gasteiger partial charge in [0.15, 0.2) is 16.4 Å². The predicted octanol–water partition coefficient (Wildman–Crippen LogP) is 2.74. The summed E-state index contributed by atoms with van der Waals surface area (Å²) in [5, 5.41) is 10.3. The minimum atomic E-state index is -4.44. The zero-order chi connectivity index (χ0) is 26.6. The van der Waals surface area contributed by atoms with Crippen LogP contribution in [0.15, 0.2) is 18.2 Å². The van der Waals surface area contributed by atoms with Crippen LogP contribution in [0.3, 0.4) is 0 Å². The van der Waals surface area contributed by atoms with Crippen molar-refractivity contribution < 1.29 is 35.9 Å². The fourth-order valence-electron chi connectivity index (χ4n) is 5.17. The summed E-state index contributed by atoms with van der Waals surface area (Å²) in [5.41, 5.74) is 1.68. The highest BCUT2D eigenvalue weighted by atomic mass is 32.2. The van der Waals surface area contributed by atoms with E-state index in [1.807, 2.05) is 0 Å². The average Bonchev–Trinajstić information content (AvgIpc) is 3.47. The quantitative estimate of drug-likeness (QED) is 0.532. The first-order valence-electron chi connectivity index (χ1n) is 12.0. The molecule has 0 bridgehead atoms. The van der Waals surface area contributed by atoms with Gasteiger partial charge in [-0.15, -0.1) is 0 Å². The molecule has 1 aliphatic heterocycles. The van der Waals surface area contributed by atoms with E-state index in [1.165, 1.54) is 6.07 Å². The standard InChI is InChI=1S/C24H27F3N4O5S/c1-37(34,35)11-19(32)28-20-18(7-4-14-2-3-14)30-31-12-23(29-22(33)21(20)31)9-8-15-10-16(5-6-17(15)23)36-13-24(25,26)27/h5-6,10,14H,2-4,7-9,11-13H2,1H3,(H,28,32)(H,29,33)/t23-/m0/s1. The van der Waals surface area contributed by atoms with Gasteiger partial charge in [-0.05, 0) is 54.9 Å². The maximum Gasteiger partial charge on any atom is 0.422 e. The van der Waals surface area contributed by atoms with Crippen LogP contribution < -0.4 is 15.4 Å². The summed E-state index contributed by atoms with van der Waals surface area (Å²) in [5.74, 6) is -1.23. The highest BCUT2D eigenvalue weighted by Gasteiger charge is 2.46. The topological polar surface area (TPSA) is 119 Å². The fraction of sp³-hybridized carbons (Fsp3) is 0.542. The Bertz CT molecular complexity index is 1370. The van der Waals surface area contributed by atoms with Crippen molar-refractivity contribution in [1.29, 1.82) is 0 Å². The van der Waals surface area contributed by atoms with E-state index >= 15 is 0 Å². The van der Waals surface area contributed by atoms with Gasteiger partial charge in [-0.25, -0.2) is 8.42 Å². The molecule has 2 heterocycles. The van der Waals surface area contributed by atoms with E-state index < -0.39 is 45.7 Å². The van der Waals surface area contributed by atoms with Gasteiger partial charge in [0.1, 0.15) is 17.2 Å². The van der Waals surface area contributed by atoms with Gasteiger partial charge in [0.05, 0.1) is 23.5 Å². The molecule has 1 spiro atoms. The van der Waals surface area contributed by atoms with Crippen molar-refractivity contribution >= 4 is 27.3 Å². The Morgan fingerprint density at radius 1 is 1.32 bits per heavy atom. The van der Waals surface area contributed by atoms with Gasteiger partial charge in [-0.3, -0.25) is 14.3 Å². The third-order valence-electron chi connectivity index (χ3n) is 6.97. The van der Waals surface area contributed by atoms with Crippen LogP contribution in [0.5, 0.6) is 5.75 Å². The summed E-state index contributed by atoms with van der Waals surface area (Å²) < 4.78 is 67.3. The van der Waals surface area contributed by atoms with E-state index in [2.05, 4.69) is 15.7 Å². The number of rotatable bonds is 8. The van der Waals surface area contributed by atoms with Gasteiger partial charge >= 0.3 is 6.18 Å². The largest absolute Gasteiger partial charge is 0.484 e. The van der Waals surface area contributed by atoms with Crippen LogP contribution in [0.1, 0.15) is 53.0 Å². The van der Waals surface area contributed by atoms with Crippen LogP contribution in [-0.4, -0.2) is 54.8 Å². The number of benzene rings is 1. The van der Waals surface area contributed by atoms with E-state index in [-0.39, 0.29) is 23.7 Å². The Morgan fingerprint density at radius 3 is 2.76 bits per heavy atom. The van der Waals surface area contributed by atoms with Crippen molar-refractivity contribution in [3.8, 4) is 5.75 Å². The number of carbonyl (C=O) groups excluding carboxylic acids is 2. The smallest absolute Gasteiger partial charge is 0.422 e. The molecule has 1 saturated carbocycles. The van der Waals surface area contributed by atoms with Gasteiger partial charge in [-0.2, -0.15) is 18.3 Å². The van der Waals surface area contributed by atoms with Crippen LogP contribution in [0.4, 0.5) is 18.9 Å². The Balaban J connectivity index is 1.43. The lowest BCUT2D eigenvalue weighted by Gasteiger charge is -2.36. The van der Waals surface area contributed by atoms with Gasteiger partial charge in [0.2, 0.25) is 5.91 Å². The number of fused-ring (bicyclic) bond motifs is 3. The molecule has 0 unspecified atom stereocenters. The zero-order valence-electron chi connectivity index (χ0n) is 20.2. The number of halogens is 3. The molecule has 1 aromatic carbocycles. The maximum absolute atomic E-state index is 13.4. The molecule has 0 radical (unpaired) electrons. The second-order valence-corrected chi connectivity index (χ2v) is 12.3. The number of anilines is 1. The summed E-state index contributed by atoms with van der Waals surface area (Å²) in [6, 6.07) is 4.70. The number of nitrogens with zero attached hydrogens (tertiary/aromatic N) is 2. The first-order chi connectivity index (χ1) is 17.3. The molecular formula is C24H27F3N4O5S. The van der Waals surface area contributed by atoms with Crippen LogP contribution in [-0.2, 0) is 39.6 Å². The van der Waals surface area contributed by atoms with E-state index in [1.54, 1.807) is 16.8 Å². The van der Waals surface area contributed by atoms with Crippen LogP contribution in [0, 0.1) is 5.92 Å². The van der Waals surface area contributed by atoms with Crippen LogP contribution in [0.2, 0.25) is 0 Å². The Kier molecular flexibility index (Phi) is 6.24. The number of aromatic nitrogens is 2. The SMILES string of the molecule is CS(=O)(=O)CC(=O)Nc1c(CCC2CC2)nn2c1C(=O)N[C@@]1(CCc3cc(OCC(F)(F)F)ccc31)C2. The minimum Gasteiger partial charge on any atom is -0.484 e. The van der Waals surface area contributed by atoms with Gasteiger partial charge in [0.25, 0.3) is 5.91 Å². The number of hydrogen-bond donors (Lipinski definition) is 2. The van der Waals surface area contributed by atoms with Crippen LogP contribution in [0.25, 0.3) is 0 Å². The minimum absolute atomic E-state index is 0.105. The van der Waals surface area contributed by atoms with E-state index in [0.29, 0.717) is 30.9 Å². The molecule has 13 heteroatoms. The molecule has 37 heavy (non-hydrogen) atoms. The molecule has 2 aliphatic carbocycles. The summed E-state index contributed by atoms with van der Waals surface area (Å²) in [6.07, 6.45) is 1.20. The van der Waals surface area contributed by atoms with Crippen molar-refractivity contribution in [1.82, 2.24) is 15.1 Å². The molecule has 200 valence electrons. The third kappa shape index (κ3) is 5.60. The summed E-state index contributed by atoms with van der Waals surface area (Å²) in [6.45, 7) is -1.12. The first kappa shape index (κ1) is 25.6. The summed E-state index contributed by atoms with van der Waals surface area (Å²) in [4.78, 5) is 25.8. The third-order valence-corrected chi connectivity index (χ3v) is 7.76. The average molecular weight is 541 g/mol. The fourth-order valence-corrected chi connectivity index (χ4v) is 5.72. The molecule has 0 saturated heterocycles. The molecule has 2 N–H and O–H groups in total. The molecule has 3 aliphatic rings. The van der Waals surface area contributed by atoms with Gasteiger partial charge < -0.3 is 15.4 Å². The molecule has 1 aromatic heterocycles. The number of amides is 2. The Morgan fingerprint density at radius 2 is 2.08 bits per heavy atom. The molecule has 1 atom stereocenters. The zero-order valence-corrected chi connectivity index (χ0v) is 21.0. The van der Waals surface area contributed by atoms with Crippen LogP contribution >= 0.6 is 0 Å². The molecular weight excluding hydrogens is 513 g/mol. The number of carbonyl (C=O) groups is 2. The molecule has 9 nitrogen and oxygen atoms in total. The highest BCUT2D eigenvalue weighted by molar-refractivity contribution is 7.91. The molecule has 1 fully saturated rings. The lowest BCUT2D eigenvalue weighted by Crippen LogP contribution is -2.52. The van der Waals surface area contributed by atoms with Crippen molar-refractivity contribution in [3.05, 3.63) is 40.7 Å². The number of hydrogen-bond acceptors (Lipinski definition) is 6. The lowest BCUT2D eigenvalue weighted by atomic mass is 9.89. The molecule has 5 rings (SSSR count). The van der Waals surface area contributed by atoms with Gasteiger partial charge in [-0.1, -0.05) is 18.9 Å². The molecule has 2 amide bonds. The Labute approximate surface area is 211 Å². The van der Waals surface area contributed by atoms with E-state index in [9.17, 15) is 31.2 Å². The lowest BCUT2D eigenvalue weighted by molar-refractivity contribution is -0.153. The van der Waals surface area contributed by atoms with Crippen molar-refractivity contribution in [2.75, 3.05) is 23.9 Å². The summed E-state index contributed by atoms with van der Waals surface area (Å²) in [7, 11) is -3.57. The second kappa shape index (κ2) is 9.03. The Hall–Kier alpha value is -3.09. The van der Waals surface area contributed by atoms with Crippen molar-refractivity contribution in [2.24, 2.45) is 5.92 Å². The second-order valence-electron chi connectivity index (χ2n) is 10.2. The van der Waals surface area contributed by atoms with Crippen molar-refractivity contribution in [2.45, 2.75) is 56.8 Å². The predicted molar refractivity (Wildman–Crippen MR) is 127 cm³/mol. The normalized spacial score (nSPS) is 20.9. The molecule has 2 aromatic rings. The van der Waals surface area contributed by atoms with E-state index in [0.717, 1.165) is 36.6 Å². The number of sulfone groups is 1.